The van der Waals surface area contributed by atoms with Crippen molar-refractivity contribution in [2.24, 2.45) is 0 Å². The molecule has 0 spiro atoms. The fourth-order valence-electron chi connectivity index (χ4n) is 2.34. The second-order valence-corrected chi connectivity index (χ2v) is 6.46. The molecule has 1 aromatic heterocycles. The summed E-state index contributed by atoms with van der Waals surface area (Å²) in [5.74, 6) is -0.118. The van der Waals surface area contributed by atoms with E-state index in [1.54, 1.807) is 11.8 Å². The highest BCUT2D eigenvalue weighted by Crippen LogP contribution is 2.32. The Kier molecular flexibility index (Phi) is 4.16. The lowest BCUT2D eigenvalue weighted by atomic mass is 10.0. The Morgan fingerprint density at radius 1 is 1.47 bits per heavy atom. The molecule has 2 amide bonds. The van der Waals surface area contributed by atoms with Gasteiger partial charge in [-0.15, -0.1) is 11.3 Å². The third-order valence-corrected chi connectivity index (χ3v) is 4.90. The Morgan fingerprint density at radius 2 is 2.16 bits per heavy atom. The molecule has 0 saturated carbocycles. The second-order valence-electron chi connectivity index (χ2n) is 4.71. The fraction of sp³-hybridized carbons (Fsp3) is 0.538. The van der Waals surface area contributed by atoms with Gasteiger partial charge in [0.15, 0.2) is 0 Å². The lowest BCUT2D eigenvalue weighted by Gasteiger charge is -2.40. The van der Waals surface area contributed by atoms with Gasteiger partial charge < -0.3 is 10.2 Å². The predicted octanol–water partition coefficient (Wildman–Crippen LogP) is 2.59. The summed E-state index contributed by atoms with van der Waals surface area (Å²) in [5.41, 5.74) is 0. The van der Waals surface area contributed by atoms with E-state index in [4.69, 9.17) is 11.6 Å². The first-order valence-corrected chi connectivity index (χ1v) is 7.53. The lowest BCUT2D eigenvalue weighted by molar-refractivity contribution is -0.151. The Hall–Kier alpha value is -1.07. The smallest absolute Gasteiger partial charge is 0.246 e. The number of thiophene rings is 1. The molecular weight excluding hydrogens is 284 g/mol. The molecule has 4 nitrogen and oxygen atoms in total. The zero-order chi connectivity index (χ0) is 14.2. The van der Waals surface area contributed by atoms with Crippen LogP contribution in [0.5, 0.6) is 0 Å². The van der Waals surface area contributed by atoms with Crippen molar-refractivity contribution in [1.29, 1.82) is 0 Å². The van der Waals surface area contributed by atoms with Crippen molar-refractivity contribution in [3.63, 3.8) is 0 Å². The van der Waals surface area contributed by atoms with Crippen LogP contribution < -0.4 is 5.32 Å². The maximum atomic E-state index is 12.4. The van der Waals surface area contributed by atoms with Crippen LogP contribution in [-0.4, -0.2) is 28.8 Å². The van der Waals surface area contributed by atoms with Crippen LogP contribution in [0.25, 0.3) is 0 Å². The molecule has 2 rings (SSSR count). The Bertz CT molecular complexity index is 503. The molecule has 1 saturated heterocycles. The summed E-state index contributed by atoms with van der Waals surface area (Å²) in [6.07, 6.45) is 0.603. The van der Waals surface area contributed by atoms with Crippen molar-refractivity contribution in [2.75, 3.05) is 0 Å². The molecule has 2 heterocycles. The summed E-state index contributed by atoms with van der Waals surface area (Å²) in [5, 5.41) is 2.75. The third kappa shape index (κ3) is 2.62. The highest BCUT2D eigenvalue weighted by atomic mass is 35.5. The monoisotopic (exact) mass is 300 g/mol. The first kappa shape index (κ1) is 14.3. The zero-order valence-electron chi connectivity index (χ0n) is 11.1. The maximum Gasteiger partial charge on any atom is 0.246 e. The standard InChI is InChI=1S/C13H17ClN2O2S/c1-4-9-13(18)16(8(3)12(17)15-9)7(2)10-5-6-11(14)19-10/h5-9H,4H2,1-3H3,(H,15,17). The summed E-state index contributed by atoms with van der Waals surface area (Å²) >= 11 is 7.38. The summed E-state index contributed by atoms with van der Waals surface area (Å²) in [7, 11) is 0. The number of halogens is 1. The Morgan fingerprint density at radius 3 is 2.68 bits per heavy atom. The van der Waals surface area contributed by atoms with E-state index in [0.29, 0.717) is 10.8 Å². The lowest BCUT2D eigenvalue weighted by Crippen LogP contribution is -2.62. The minimum Gasteiger partial charge on any atom is -0.343 e. The van der Waals surface area contributed by atoms with E-state index in [1.807, 2.05) is 26.0 Å². The summed E-state index contributed by atoms with van der Waals surface area (Å²) in [6, 6.07) is 2.72. The predicted molar refractivity (Wildman–Crippen MR) is 76.3 cm³/mol. The first-order chi connectivity index (χ1) is 8.95. The van der Waals surface area contributed by atoms with Gasteiger partial charge >= 0.3 is 0 Å². The van der Waals surface area contributed by atoms with Crippen LogP contribution in [0.3, 0.4) is 0 Å². The minimum atomic E-state index is -0.453. The van der Waals surface area contributed by atoms with Crippen LogP contribution in [0, 0.1) is 0 Å². The minimum absolute atomic E-state index is 0.0216. The molecule has 1 aliphatic heterocycles. The number of hydrogen-bond donors (Lipinski definition) is 1. The van der Waals surface area contributed by atoms with Crippen LogP contribution in [-0.2, 0) is 9.59 Å². The number of rotatable bonds is 3. The van der Waals surface area contributed by atoms with Crippen LogP contribution in [0.4, 0.5) is 0 Å². The van der Waals surface area contributed by atoms with E-state index in [2.05, 4.69) is 5.32 Å². The van der Waals surface area contributed by atoms with Crippen molar-refractivity contribution in [3.05, 3.63) is 21.3 Å². The molecule has 1 fully saturated rings. The normalized spacial score (nSPS) is 25.4. The number of hydrogen-bond acceptors (Lipinski definition) is 3. The van der Waals surface area contributed by atoms with Gasteiger partial charge in [0.05, 0.1) is 10.4 Å². The summed E-state index contributed by atoms with van der Waals surface area (Å²) in [6.45, 7) is 5.58. The van der Waals surface area contributed by atoms with Crippen molar-refractivity contribution < 1.29 is 9.59 Å². The highest BCUT2D eigenvalue weighted by Gasteiger charge is 2.40. The van der Waals surface area contributed by atoms with Gasteiger partial charge in [-0.3, -0.25) is 9.59 Å². The van der Waals surface area contributed by atoms with E-state index in [-0.39, 0.29) is 17.9 Å². The van der Waals surface area contributed by atoms with Gasteiger partial charge in [0.2, 0.25) is 11.8 Å². The molecule has 0 bridgehead atoms. The Balaban J connectivity index is 2.29. The molecule has 1 N–H and O–H groups in total. The SMILES string of the molecule is CCC1NC(=O)C(C)N(C(C)c2ccc(Cl)s2)C1=O. The van der Waals surface area contributed by atoms with Crippen LogP contribution >= 0.6 is 22.9 Å². The van der Waals surface area contributed by atoms with E-state index in [0.717, 1.165) is 4.88 Å². The topological polar surface area (TPSA) is 49.4 Å². The molecule has 3 unspecified atom stereocenters. The number of carbonyl (C=O) groups is 2. The van der Waals surface area contributed by atoms with Gasteiger partial charge in [0, 0.05) is 4.88 Å². The van der Waals surface area contributed by atoms with Gasteiger partial charge in [-0.2, -0.15) is 0 Å². The molecule has 19 heavy (non-hydrogen) atoms. The molecular formula is C13H17ClN2O2S. The molecule has 0 aliphatic carbocycles. The van der Waals surface area contributed by atoms with Crippen LogP contribution in [0.1, 0.15) is 38.1 Å². The van der Waals surface area contributed by atoms with Crippen molar-refractivity contribution in [2.45, 2.75) is 45.3 Å². The summed E-state index contributed by atoms with van der Waals surface area (Å²) < 4.78 is 0.690. The number of nitrogens with zero attached hydrogens (tertiary/aromatic N) is 1. The average molecular weight is 301 g/mol. The van der Waals surface area contributed by atoms with Crippen LogP contribution in [0.2, 0.25) is 4.34 Å². The third-order valence-electron chi connectivity index (χ3n) is 3.50. The molecule has 1 aromatic rings. The highest BCUT2D eigenvalue weighted by molar-refractivity contribution is 7.16. The molecule has 1 aliphatic rings. The molecule has 3 atom stereocenters. The Labute approximate surface area is 121 Å². The number of amides is 2. The van der Waals surface area contributed by atoms with Gasteiger partial charge in [-0.25, -0.2) is 0 Å². The van der Waals surface area contributed by atoms with Gasteiger partial charge in [0.25, 0.3) is 0 Å². The van der Waals surface area contributed by atoms with Crippen molar-refractivity contribution >= 4 is 34.8 Å². The van der Waals surface area contributed by atoms with Gasteiger partial charge in [-0.1, -0.05) is 18.5 Å². The van der Waals surface area contributed by atoms with E-state index < -0.39 is 12.1 Å². The average Bonchev–Trinajstić information content (AvgIpc) is 2.80. The molecule has 0 radical (unpaired) electrons. The number of piperazine rings is 1. The largest absolute Gasteiger partial charge is 0.343 e. The molecule has 0 aromatic carbocycles. The molecule has 104 valence electrons. The van der Waals surface area contributed by atoms with E-state index >= 15 is 0 Å². The van der Waals surface area contributed by atoms with Crippen molar-refractivity contribution in [3.8, 4) is 0 Å². The first-order valence-electron chi connectivity index (χ1n) is 6.33. The maximum absolute atomic E-state index is 12.4. The second kappa shape index (κ2) is 5.51. The van der Waals surface area contributed by atoms with Crippen LogP contribution in [0.15, 0.2) is 12.1 Å². The number of nitrogens with one attached hydrogen (secondary N) is 1. The van der Waals surface area contributed by atoms with Crippen molar-refractivity contribution in [1.82, 2.24) is 10.2 Å². The summed E-state index contributed by atoms with van der Waals surface area (Å²) in [4.78, 5) is 27.0. The molecule has 6 heteroatoms. The van der Waals surface area contributed by atoms with Gasteiger partial charge in [0.1, 0.15) is 12.1 Å². The van der Waals surface area contributed by atoms with E-state index in [1.165, 1.54) is 11.3 Å². The van der Waals surface area contributed by atoms with Gasteiger partial charge in [-0.05, 0) is 32.4 Å². The number of carbonyl (C=O) groups excluding carboxylic acids is 2. The zero-order valence-corrected chi connectivity index (χ0v) is 12.7. The van der Waals surface area contributed by atoms with E-state index in [9.17, 15) is 9.59 Å². The fourth-order valence-corrected chi connectivity index (χ4v) is 3.46. The quantitative estimate of drug-likeness (QED) is 0.933.